The number of nitrogens with zero attached hydrogens (tertiary/aromatic N) is 3. The fraction of sp³-hybridized carbons (Fsp3) is 0.318. The molecule has 0 fully saturated rings. The minimum absolute atomic E-state index is 0.104. The van der Waals surface area contributed by atoms with Crippen LogP contribution < -0.4 is 16.1 Å². The Morgan fingerprint density at radius 2 is 1.79 bits per heavy atom. The molecule has 0 bridgehead atoms. The van der Waals surface area contributed by atoms with Gasteiger partial charge < -0.3 is 4.90 Å². The van der Waals surface area contributed by atoms with Crippen molar-refractivity contribution >= 4 is 34.3 Å². The number of anilines is 1. The highest BCUT2D eigenvalue weighted by Gasteiger charge is 2.25. The van der Waals surface area contributed by atoms with Crippen molar-refractivity contribution in [2.24, 2.45) is 0 Å². The zero-order valence-electron chi connectivity index (χ0n) is 16.5. The van der Waals surface area contributed by atoms with Crippen LogP contribution in [0, 0.1) is 0 Å². The molecule has 0 N–H and O–H groups in total. The van der Waals surface area contributed by atoms with Crippen LogP contribution in [0.4, 0.5) is 5.69 Å². The van der Waals surface area contributed by atoms with Crippen molar-refractivity contribution < 1.29 is 4.79 Å². The highest BCUT2D eigenvalue weighted by molar-refractivity contribution is 8.00. The Kier molecular flexibility index (Phi) is 5.32. The molecule has 150 valence electrons. The molecular formula is C22H23N3O3S. The molecule has 0 spiro atoms. The summed E-state index contributed by atoms with van der Waals surface area (Å²) in [4.78, 5) is 41.8. The van der Waals surface area contributed by atoms with Gasteiger partial charge in [-0.05, 0) is 37.6 Å². The molecule has 1 aliphatic heterocycles. The lowest BCUT2D eigenvalue weighted by Gasteiger charge is -2.23. The number of amides is 1. The van der Waals surface area contributed by atoms with Gasteiger partial charge in [0.25, 0.3) is 5.56 Å². The van der Waals surface area contributed by atoms with Gasteiger partial charge in [0.05, 0.1) is 16.6 Å². The number of hydrogen-bond acceptors (Lipinski definition) is 4. The second-order valence-corrected chi connectivity index (χ2v) is 8.65. The summed E-state index contributed by atoms with van der Waals surface area (Å²) >= 11 is 1.77. The van der Waals surface area contributed by atoms with Gasteiger partial charge in [-0.3, -0.25) is 18.7 Å². The summed E-state index contributed by atoms with van der Waals surface area (Å²) in [6.45, 7) is 4.67. The number of benzene rings is 2. The van der Waals surface area contributed by atoms with Crippen LogP contribution in [0.25, 0.3) is 10.9 Å². The van der Waals surface area contributed by atoms with Crippen molar-refractivity contribution in [3.63, 3.8) is 0 Å². The van der Waals surface area contributed by atoms with E-state index in [9.17, 15) is 14.4 Å². The Morgan fingerprint density at radius 3 is 2.59 bits per heavy atom. The number of aromatic nitrogens is 2. The zero-order valence-corrected chi connectivity index (χ0v) is 17.3. The summed E-state index contributed by atoms with van der Waals surface area (Å²) in [5, 5.41) is 0.849. The first-order chi connectivity index (χ1) is 14.0. The van der Waals surface area contributed by atoms with Gasteiger partial charge in [-0.1, -0.05) is 31.2 Å². The normalized spacial score (nSPS) is 16.5. The first-order valence-electron chi connectivity index (χ1n) is 9.79. The maximum Gasteiger partial charge on any atom is 0.331 e. The molecule has 7 heteroatoms. The SMILES string of the molecule is CCn1c(=O)c2ccccc2n(CC(=O)N2CCC(C)Sc3ccccc32)c1=O. The van der Waals surface area contributed by atoms with Crippen LogP contribution >= 0.6 is 11.8 Å². The van der Waals surface area contributed by atoms with Gasteiger partial charge in [-0.25, -0.2) is 4.79 Å². The average Bonchev–Trinajstić information content (AvgIpc) is 2.89. The molecule has 1 atom stereocenters. The number of para-hydroxylation sites is 2. The van der Waals surface area contributed by atoms with Crippen molar-refractivity contribution in [3.05, 3.63) is 69.4 Å². The fourth-order valence-corrected chi connectivity index (χ4v) is 4.88. The Bertz CT molecular complexity index is 1200. The van der Waals surface area contributed by atoms with Crippen molar-refractivity contribution in [1.82, 2.24) is 9.13 Å². The van der Waals surface area contributed by atoms with Gasteiger partial charge in [-0.15, -0.1) is 11.8 Å². The van der Waals surface area contributed by atoms with E-state index in [1.165, 1.54) is 9.13 Å². The number of thioether (sulfide) groups is 1. The predicted molar refractivity (Wildman–Crippen MR) is 117 cm³/mol. The molecule has 6 nitrogen and oxygen atoms in total. The van der Waals surface area contributed by atoms with Crippen LogP contribution in [-0.2, 0) is 17.9 Å². The van der Waals surface area contributed by atoms with Crippen LogP contribution in [0.3, 0.4) is 0 Å². The summed E-state index contributed by atoms with van der Waals surface area (Å²) in [7, 11) is 0. The van der Waals surface area contributed by atoms with E-state index in [0.717, 1.165) is 17.0 Å². The van der Waals surface area contributed by atoms with E-state index in [2.05, 4.69) is 6.92 Å². The maximum absolute atomic E-state index is 13.3. The van der Waals surface area contributed by atoms with Crippen molar-refractivity contribution in [1.29, 1.82) is 0 Å². The van der Waals surface area contributed by atoms with E-state index in [0.29, 0.717) is 22.7 Å². The number of fused-ring (bicyclic) bond motifs is 2. The highest BCUT2D eigenvalue weighted by Crippen LogP contribution is 2.37. The van der Waals surface area contributed by atoms with Gasteiger partial charge in [0.1, 0.15) is 6.54 Å². The van der Waals surface area contributed by atoms with Crippen LogP contribution in [0.1, 0.15) is 20.3 Å². The van der Waals surface area contributed by atoms with E-state index in [-0.39, 0.29) is 24.6 Å². The predicted octanol–water partition coefficient (Wildman–Crippen LogP) is 3.10. The van der Waals surface area contributed by atoms with Gasteiger partial charge in [0, 0.05) is 23.2 Å². The molecular weight excluding hydrogens is 386 g/mol. The maximum atomic E-state index is 13.3. The summed E-state index contributed by atoms with van der Waals surface area (Å²) in [6, 6.07) is 14.8. The van der Waals surface area contributed by atoms with Gasteiger partial charge in [0.2, 0.25) is 5.91 Å². The molecule has 2 heterocycles. The largest absolute Gasteiger partial charge is 0.331 e. The highest BCUT2D eigenvalue weighted by atomic mass is 32.2. The first-order valence-corrected chi connectivity index (χ1v) is 10.7. The monoisotopic (exact) mass is 409 g/mol. The third-order valence-electron chi connectivity index (χ3n) is 5.29. The standard InChI is InChI=1S/C22H23N3O3S/c1-3-23-21(27)16-8-4-5-9-17(16)25(22(23)28)14-20(26)24-13-12-15(2)29-19-11-7-6-10-18(19)24/h4-11,15H,3,12-14H2,1-2H3. The number of carbonyl (C=O) groups excluding carboxylic acids is 1. The Balaban J connectivity index is 1.79. The van der Waals surface area contributed by atoms with E-state index < -0.39 is 5.69 Å². The molecule has 2 aromatic carbocycles. The Hall–Kier alpha value is -2.80. The molecule has 1 unspecified atom stereocenters. The third-order valence-corrected chi connectivity index (χ3v) is 6.52. The minimum atomic E-state index is -0.449. The second kappa shape index (κ2) is 7.91. The smallest absolute Gasteiger partial charge is 0.310 e. The Morgan fingerprint density at radius 1 is 1.07 bits per heavy atom. The van der Waals surface area contributed by atoms with Crippen molar-refractivity contribution in [2.45, 2.75) is 43.5 Å². The molecule has 0 radical (unpaired) electrons. The second-order valence-electron chi connectivity index (χ2n) is 7.17. The summed E-state index contributed by atoms with van der Waals surface area (Å²) < 4.78 is 2.61. The van der Waals surface area contributed by atoms with Crippen LogP contribution in [0.15, 0.2) is 63.0 Å². The van der Waals surface area contributed by atoms with Crippen LogP contribution in [0.2, 0.25) is 0 Å². The average molecular weight is 410 g/mol. The summed E-state index contributed by atoms with van der Waals surface area (Å²) in [5.41, 5.74) is 0.608. The minimum Gasteiger partial charge on any atom is -0.310 e. The zero-order chi connectivity index (χ0) is 20.5. The number of carbonyl (C=O) groups is 1. The molecule has 0 saturated heterocycles. The quantitative estimate of drug-likeness (QED) is 0.667. The van der Waals surface area contributed by atoms with Crippen molar-refractivity contribution in [3.8, 4) is 0 Å². The van der Waals surface area contributed by atoms with Gasteiger partial charge in [-0.2, -0.15) is 0 Å². The summed E-state index contributed by atoms with van der Waals surface area (Å²) in [6.07, 6.45) is 0.870. The molecule has 4 rings (SSSR count). The Labute approximate surface area is 172 Å². The first kappa shape index (κ1) is 19.5. The molecule has 3 aromatic rings. The lowest BCUT2D eigenvalue weighted by atomic mass is 10.2. The van der Waals surface area contributed by atoms with Gasteiger partial charge in [0.15, 0.2) is 0 Å². The van der Waals surface area contributed by atoms with E-state index in [1.807, 2.05) is 24.3 Å². The fourth-order valence-electron chi connectivity index (χ4n) is 3.77. The summed E-state index contributed by atoms with van der Waals surface area (Å²) in [5.74, 6) is -0.152. The van der Waals surface area contributed by atoms with Crippen LogP contribution in [0.5, 0.6) is 0 Å². The molecule has 0 aliphatic carbocycles. The van der Waals surface area contributed by atoms with Crippen LogP contribution in [-0.4, -0.2) is 26.8 Å². The van der Waals surface area contributed by atoms with E-state index in [4.69, 9.17) is 0 Å². The lowest BCUT2D eigenvalue weighted by molar-refractivity contribution is -0.119. The van der Waals surface area contributed by atoms with Crippen molar-refractivity contribution in [2.75, 3.05) is 11.4 Å². The van der Waals surface area contributed by atoms with E-state index in [1.54, 1.807) is 47.9 Å². The number of hydrogen-bond donors (Lipinski definition) is 0. The number of rotatable bonds is 3. The molecule has 1 aliphatic rings. The van der Waals surface area contributed by atoms with Gasteiger partial charge >= 0.3 is 5.69 Å². The third kappa shape index (κ3) is 3.51. The molecule has 1 amide bonds. The van der Waals surface area contributed by atoms with E-state index >= 15 is 0 Å². The molecule has 0 saturated carbocycles. The molecule has 1 aromatic heterocycles. The topological polar surface area (TPSA) is 64.3 Å². The lowest BCUT2D eigenvalue weighted by Crippen LogP contribution is -2.43. The molecule has 29 heavy (non-hydrogen) atoms.